The molecule has 8 heteroatoms. The largest absolute Gasteiger partial charge is 0.480 e. The monoisotopic (exact) mass is 394 g/mol. The molecule has 1 heterocycles. The van der Waals surface area contributed by atoms with Crippen molar-refractivity contribution < 1.29 is 23.1 Å². The molecule has 0 aliphatic carbocycles. The summed E-state index contributed by atoms with van der Waals surface area (Å²) in [5.74, 6) is -2.09. The lowest BCUT2D eigenvalue weighted by Gasteiger charge is -2.31. The van der Waals surface area contributed by atoms with Gasteiger partial charge in [0.2, 0.25) is 15.9 Å². The number of piperidine rings is 1. The molecule has 0 spiro atoms. The summed E-state index contributed by atoms with van der Waals surface area (Å²) < 4.78 is 27.0. The van der Waals surface area contributed by atoms with Gasteiger partial charge < -0.3 is 10.4 Å². The number of nitrogens with one attached hydrogen (secondary N) is 1. The number of hydrogen-bond acceptors (Lipinski definition) is 4. The fraction of sp³-hybridized carbons (Fsp3) is 0.474. The maximum atomic E-state index is 12.8. The van der Waals surface area contributed by atoms with Gasteiger partial charge in [0.1, 0.15) is 6.04 Å². The molecule has 1 aromatic rings. The van der Waals surface area contributed by atoms with Gasteiger partial charge in [-0.25, -0.2) is 13.2 Å². The third-order valence-electron chi connectivity index (χ3n) is 4.69. The van der Waals surface area contributed by atoms with Gasteiger partial charge in [-0.15, -0.1) is 6.58 Å². The standard InChI is InChI=1S/C19H26N2O5S/c1-3-4-7-17(19(23)24)20-18(22)15-6-5-12-21(13-15)27(25,26)16-10-8-14(2)9-11-16/h3,8-11,15,17H,1,4-7,12-13H2,2H3,(H,20,22)(H,23,24). The van der Waals surface area contributed by atoms with Crippen LogP contribution in [-0.4, -0.2) is 48.8 Å². The highest BCUT2D eigenvalue weighted by Gasteiger charge is 2.34. The average Bonchev–Trinajstić information content (AvgIpc) is 2.65. The highest BCUT2D eigenvalue weighted by atomic mass is 32.2. The molecule has 2 N–H and O–H groups in total. The summed E-state index contributed by atoms with van der Waals surface area (Å²) in [5.41, 5.74) is 0.962. The molecule has 0 aromatic heterocycles. The number of hydrogen-bond donors (Lipinski definition) is 2. The zero-order valence-electron chi connectivity index (χ0n) is 15.4. The lowest BCUT2D eigenvalue weighted by molar-refractivity contribution is -0.142. The third-order valence-corrected chi connectivity index (χ3v) is 6.57. The molecule has 2 atom stereocenters. The second kappa shape index (κ2) is 9.14. The topological polar surface area (TPSA) is 104 Å². The van der Waals surface area contributed by atoms with E-state index in [0.29, 0.717) is 25.8 Å². The molecule has 7 nitrogen and oxygen atoms in total. The number of carboxylic acid groups (broad SMARTS) is 1. The van der Waals surface area contributed by atoms with Gasteiger partial charge in [0.15, 0.2) is 0 Å². The van der Waals surface area contributed by atoms with Gasteiger partial charge >= 0.3 is 5.97 Å². The van der Waals surface area contributed by atoms with Crippen molar-refractivity contribution in [3.05, 3.63) is 42.5 Å². The summed E-state index contributed by atoms with van der Waals surface area (Å²) in [4.78, 5) is 24.0. The molecule has 1 aliphatic heterocycles. The fourth-order valence-corrected chi connectivity index (χ4v) is 4.59. The summed E-state index contributed by atoms with van der Waals surface area (Å²) in [6.45, 7) is 5.83. The van der Waals surface area contributed by atoms with Crippen LogP contribution in [0.5, 0.6) is 0 Å². The van der Waals surface area contributed by atoms with Gasteiger partial charge in [0.05, 0.1) is 10.8 Å². The Labute approximate surface area is 160 Å². The molecule has 0 bridgehead atoms. The Bertz CT molecular complexity index is 789. The smallest absolute Gasteiger partial charge is 0.326 e. The van der Waals surface area contributed by atoms with Crippen molar-refractivity contribution in [2.24, 2.45) is 5.92 Å². The van der Waals surface area contributed by atoms with E-state index >= 15 is 0 Å². The molecule has 27 heavy (non-hydrogen) atoms. The van der Waals surface area contributed by atoms with Crippen LogP contribution in [0.4, 0.5) is 0 Å². The minimum Gasteiger partial charge on any atom is -0.480 e. The van der Waals surface area contributed by atoms with Crippen LogP contribution in [0.2, 0.25) is 0 Å². The van der Waals surface area contributed by atoms with Crippen molar-refractivity contribution in [1.29, 1.82) is 0 Å². The van der Waals surface area contributed by atoms with Crippen molar-refractivity contribution in [2.75, 3.05) is 13.1 Å². The predicted octanol–water partition coefficient (Wildman–Crippen LogP) is 1.93. The van der Waals surface area contributed by atoms with Crippen molar-refractivity contribution >= 4 is 21.9 Å². The van der Waals surface area contributed by atoms with E-state index in [4.69, 9.17) is 0 Å². The molecule has 1 aliphatic rings. The van der Waals surface area contributed by atoms with Crippen molar-refractivity contribution in [3.8, 4) is 0 Å². The highest BCUT2D eigenvalue weighted by molar-refractivity contribution is 7.89. The number of amides is 1. The van der Waals surface area contributed by atoms with Crippen LogP contribution in [0.1, 0.15) is 31.2 Å². The molecule has 1 aromatic carbocycles. The minimum atomic E-state index is -3.68. The quantitative estimate of drug-likeness (QED) is 0.656. The lowest BCUT2D eigenvalue weighted by atomic mass is 9.98. The van der Waals surface area contributed by atoms with Crippen LogP contribution in [0.25, 0.3) is 0 Å². The van der Waals surface area contributed by atoms with Gasteiger partial charge in [0, 0.05) is 13.1 Å². The van der Waals surface area contributed by atoms with Crippen LogP contribution in [0.15, 0.2) is 41.8 Å². The summed E-state index contributed by atoms with van der Waals surface area (Å²) in [6.07, 6.45) is 3.39. The average molecular weight is 394 g/mol. The second-order valence-corrected chi connectivity index (χ2v) is 8.72. The van der Waals surface area contributed by atoms with Crippen LogP contribution in [-0.2, 0) is 19.6 Å². The van der Waals surface area contributed by atoms with Crippen LogP contribution < -0.4 is 5.32 Å². The molecule has 2 unspecified atom stereocenters. The van der Waals surface area contributed by atoms with Gasteiger partial charge in [-0.3, -0.25) is 4.79 Å². The number of nitrogens with zero attached hydrogens (tertiary/aromatic N) is 1. The summed E-state index contributed by atoms with van der Waals surface area (Å²) >= 11 is 0. The molecule has 1 amide bonds. The number of aliphatic carboxylic acids is 1. The fourth-order valence-electron chi connectivity index (χ4n) is 3.07. The third kappa shape index (κ3) is 5.40. The second-order valence-electron chi connectivity index (χ2n) is 6.78. The number of carbonyl (C=O) groups is 2. The number of carbonyl (C=O) groups excluding carboxylic acids is 1. The number of rotatable bonds is 8. The predicted molar refractivity (Wildman–Crippen MR) is 102 cm³/mol. The van der Waals surface area contributed by atoms with E-state index in [9.17, 15) is 23.1 Å². The van der Waals surface area contributed by atoms with E-state index in [-0.39, 0.29) is 17.9 Å². The van der Waals surface area contributed by atoms with Crippen molar-refractivity contribution in [1.82, 2.24) is 9.62 Å². The van der Waals surface area contributed by atoms with Crippen LogP contribution >= 0.6 is 0 Å². The first-order valence-corrected chi connectivity index (χ1v) is 10.4. The normalized spacial score (nSPS) is 19.2. The Morgan fingerprint density at radius 2 is 2.04 bits per heavy atom. The Morgan fingerprint density at radius 3 is 2.63 bits per heavy atom. The first kappa shape index (κ1) is 21.1. The van der Waals surface area contributed by atoms with Crippen molar-refractivity contribution in [2.45, 2.75) is 43.5 Å². The Hall–Kier alpha value is -2.19. The van der Waals surface area contributed by atoms with E-state index in [1.54, 1.807) is 30.3 Å². The summed E-state index contributed by atoms with van der Waals surface area (Å²) in [7, 11) is -3.68. The molecular formula is C19H26N2O5S. The SMILES string of the molecule is C=CCCC(NC(=O)C1CCCN(S(=O)(=O)c2ccc(C)cc2)C1)C(=O)O. The van der Waals surface area contributed by atoms with E-state index in [1.807, 2.05) is 6.92 Å². The number of sulfonamides is 1. The van der Waals surface area contributed by atoms with Crippen LogP contribution in [0.3, 0.4) is 0 Å². The summed E-state index contributed by atoms with van der Waals surface area (Å²) in [6, 6.07) is 5.59. The molecule has 148 valence electrons. The maximum Gasteiger partial charge on any atom is 0.326 e. The number of carboxylic acids is 1. The van der Waals surface area contributed by atoms with Crippen LogP contribution in [0, 0.1) is 12.8 Å². The minimum absolute atomic E-state index is 0.0514. The summed E-state index contributed by atoms with van der Waals surface area (Å²) in [5, 5.41) is 11.8. The maximum absolute atomic E-state index is 12.8. The number of allylic oxidation sites excluding steroid dienone is 1. The van der Waals surface area contributed by atoms with Crippen molar-refractivity contribution in [3.63, 3.8) is 0 Å². The molecule has 2 rings (SSSR count). The number of aryl methyl sites for hydroxylation is 1. The Balaban J connectivity index is 2.08. The Morgan fingerprint density at radius 1 is 1.37 bits per heavy atom. The Kier molecular flexibility index (Phi) is 7.15. The molecular weight excluding hydrogens is 368 g/mol. The van der Waals surface area contributed by atoms with E-state index < -0.39 is 33.9 Å². The first-order chi connectivity index (χ1) is 12.8. The number of benzene rings is 1. The molecule has 0 saturated carbocycles. The first-order valence-electron chi connectivity index (χ1n) is 8.96. The van der Waals surface area contributed by atoms with E-state index in [0.717, 1.165) is 5.56 Å². The van der Waals surface area contributed by atoms with E-state index in [1.165, 1.54) is 4.31 Å². The van der Waals surface area contributed by atoms with Gasteiger partial charge in [-0.1, -0.05) is 23.8 Å². The van der Waals surface area contributed by atoms with Gasteiger partial charge in [0.25, 0.3) is 0 Å². The zero-order chi connectivity index (χ0) is 20.0. The molecule has 1 fully saturated rings. The zero-order valence-corrected chi connectivity index (χ0v) is 16.2. The highest BCUT2D eigenvalue weighted by Crippen LogP contribution is 2.24. The van der Waals surface area contributed by atoms with Gasteiger partial charge in [-0.05, 0) is 44.7 Å². The van der Waals surface area contributed by atoms with E-state index in [2.05, 4.69) is 11.9 Å². The molecule has 1 saturated heterocycles. The van der Waals surface area contributed by atoms with Gasteiger partial charge in [-0.2, -0.15) is 4.31 Å². The molecule has 0 radical (unpaired) electrons. The lowest BCUT2D eigenvalue weighted by Crippen LogP contribution is -2.49.